The molecule has 4 rings (SSSR count). The van der Waals surface area contributed by atoms with Gasteiger partial charge in [0, 0.05) is 11.6 Å². The maximum atomic E-state index is 14.9. The number of allylic oxidation sites excluding steroid dienone is 3. The molecule has 2 aromatic carbocycles. The van der Waals surface area contributed by atoms with E-state index in [2.05, 4.69) is 12.2 Å². The number of benzene rings is 2. The predicted octanol–water partition coefficient (Wildman–Crippen LogP) is 9.34. The molecule has 0 radical (unpaired) electrons. The fourth-order valence-electron chi connectivity index (χ4n) is 5.88. The van der Waals surface area contributed by atoms with Crippen LogP contribution in [0.3, 0.4) is 0 Å². The maximum Gasteiger partial charge on any atom is 0.166 e. The highest BCUT2D eigenvalue weighted by atomic mass is 19.2. The summed E-state index contributed by atoms with van der Waals surface area (Å²) in [6.45, 7) is 4.43. The van der Waals surface area contributed by atoms with Crippen molar-refractivity contribution in [1.29, 1.82) is 0 Å². The third-order valence-corrected chi connectivity index (χ3v) is 7.86. The van der Waals surface area contributed by atoms with Crippen LogP contribution in [0.2, 0.25) is 0 Å². The molecular weight excluding hydrogens is 445 g/mol. The predicted molar refractivity (Wildman–Crippen MR) is 137 cm³/mol. The average Bonchev–Trinajstić information content (AvgIpc) is 2.87. The summed E-state index contributed by atoms with van der Waals surface area (Å²) < 4.78 is 49.8. The molecule has 0 heterocycles. The van der Waals surface area contributed by atoms with E-state index in [0.717, 1.165) is 56.9 Å². The van der Waals surface area contributed by atoms with Crippen molar-refractivity contribution in [1.82, 2.24) is 0 Å². The van der Waals surface area contributed by atoms with Gasteiger partial charge in [-0.1, -0.05) is 42.5 Å². The van der Waals surface area contributed by atoms with E-state index < -0.39 is 11.6 Å². The molecule has 35 heavy (non-hydrogen) atoms. The zero-order valence-corrected chi connectivity index (χ0v) is 20.9. The Hall–Kier alpha value is -2.49. The third-order valence-electron chi connectivity index (χ3n) is 7.86. The van der Waals surface area contributed by atoms with E-state index in [1.54, 1.807) is 18.2 Å². The van der Waals surface area contributed by atoms with Gasteiger partial charge in [0.2, 0.25) is 0 Å². The molecule has 2 fully saturated rings. The van der Waals surface area contributed by atoms with Crippen molar-refractivity contribution in [2.45, 2.75) is 77.0 Å². The van der Waals surface area contributed by atoms with Crippen LogP contribution in [0, 0.1) is 29.3 Å². The van der Waals surface area contributed by atoms with E-state index in [1.165, 1.54) is 6.07 Å². The van der Waals surface area contributed by atoms with Crippen LogP contribution in [-0.2, 0) is 0 Å². The molecule has 0 saturated heterocycles. The second-order valence-corrected chi connectivity index (χ2v) is 10.1. The minimum atomic E-state index is -0.737. The molecule has 188 valence electrons. The van der Waals surface area contributed by atoms with Gasteiger partial charge in [0.15, 0.2) is 11.6 Å². The maximum absolute atomic E-state index is 14.9. The molecule has 2 aliphatic rings. The molecule has 0 unspecified atom stereocenters. The van der Waals surface area contributed by atoms with Crippen LogP contribution in [0.25, 0.3) is 6.08 Å². The van der Waals surface area contributed by atoms with Gasteiger partial charge in [-0.15, -0.1) is 0 Å². The molecule has 2 saturated carbocycles. The number of ether oxygens (including phenoxy) is 1. The van der Waals surface area contributed by atoms with Gasteiger partial charge in [0.25, 0.3) is 0 Å². The summed E-state index contributed by atoms with van der Waals surface area (Å²) in [5, 5.41) is 0. The van der Waals surface area contributed by atoms with Crippen molar-refractivity contribution in [2.75, 3.05) is 6.61 Å². The van der Waals surface area contributed by atoms with Crippen LogP contribution >= 0.6 is 0 Å². The normalized spacial score (nSPS) is 25.4. The number of hydrogen-bond acceptors (Lipinski definition) is 1. The summed E-state index contributed by atoms with van der Waals surface area (Å²) in [4.78, 5) is 0. The van der Waals surface area contributed by atoms with E-state index in [1.807, 2.05) is 32.1 Å². The first-order valence-corrected chi connectivity index (χ1v) is 13.2. The SMILES string of the molecule is CC=CC1CCC(c2ccc(C=CC3CCC(c4ccc(OCC)cc4F)CC3)c(F)c2F)CC1. The summed E-state index contributed by atoms with van der Waals surface area (Å²) in [5.74, 6) is 0.0769. The van der Waals surface area contributed by atoms with E-state index >= 15 is 0 Å². The summed E-state index contributed by atoms with van der Waals surface area (Å²) in [7, 11) is 0. The minimum Gasteiger partial charge on any atom is -0.494 e. The fraction of sp³-hybridized carbons (Fsp3) is 0.484. The number of halogens is 3. The van der Waals surface area contributed by atoms with Gasteiger partial charge in [-0.2, -0.15) is 0 Å². The van der Waals surface area contributed by atoms with E-state index in [9.17, 15) is 13.2 Å². The smallest absolute Gasteiger partial charge is 0.166 e. The Morgan fingerprint density at radius 2 is 1.37 bits per heavy atom. The molecule has 0 bridgehead atoms. The minimum absolute atomic E-state index is 0.0994. The first-order valence-electron chi connectivity index (χ1n) is 13.2. The molecule has 0 atom stereocenters. The van der Waals surface area contributed by atoms with Crippen molar-refractivity contribution >= 4 is 6.08 Å². The lowest BCUT2D eigenvalue weighted by atomic mass is 9.78. The zero-order chi connectivity index (χ0) is 24.8. The molecule has 0 N–H and O–H groups in total. The zero-order valence-electron chi connectivity index (χ0n) is 20.9. The Kier molecular flexibility index (Phi) is 8.75. The lowest BCUT2D eigenvalue weighted by molar-refractivity contribution is 0.336. The van der Waals surface area contributed by atoms with Gasteiger partial charge in [-0.3, -0.25) is 0 Å². The summed E-state index contributed by atoms with van der Waals surface area (Å²) in [5.41, 5.74) is 1.59. The van der Waals surface area contributed by atoms with Crippen LogP contribution in [-0.4, -0.2) is 6.61 Å². The Balaban J connectivity index is 1.35. The van der Waals surface area contributed by atoms with Crippen molar-refractivity contribution < 1.29 is 17.9 Å². The fourth-order valence-corrected chi connectivity index (χ4v) is 5.88. The van der Waals surface area contributed by atoms with Gasteiger partial charge in [0.05, 0.1) is 6.61 Å². The van der Waals surface area contributed by atoms with Gasteiger partial charge in [0.1, 0.15) is 11.6 Å². The third kappa shape index (κ3) is 6.20. The van der Waals surface area contributed by atoms with Crippen molar-refractivity contribution in [3.63, 3.8) is 0 Å². The van der Waals surface area contributed by atoms with Gasteiger partial charge in [-0.05, 0) is 106 Å². The second kappa shape index (κ2) is 12.0. The van der Waals surface area contributed by atoms with Crippen LogP contribution in [0.5, 0.6) is 5.75 Å². The Bertz CT molecular complexity index is 1040. The Morgan fingerprint density at radius 3 is 1.97 bits per heavy atom. The van der Waals surface area contributed by atoms with Crippen LogP contribution < -0.4 is 4.74 Å². The van der Waals surface area contributed by atoms with Crippen LogP contribution in [0.4, 0.5) is 13.2 Å². The average molecular weight is 483 g/mol. The van der Waals surface area contributed by atoms with Crippen LogP contribution in [0.1, 0.15) is 93.7 Å². The lowest BCUT2D eigenvalue weighted by Crippen LogP contribution is -2.14. The van der Waals surface area contributed by atoms with Gasteiger partial charge < -0.3 is 4.74 Å². The van der Waals surface area contributed by atoms with Gasteiger partial charge >= 0.3 is 0 Å². The number of hydrogen-bond donors (Lipinski definition) is 0. The highest BCUT2D eigenvalue weighted by molar-refractivity contribution is 5.52. The van der Waals surface area contributed by atoms with Gasteiger partial charge in [-0.25, -0.2) is 13.2 Å². The van der Waals surface area contributed by atoms with E-state index in [0.29, 0.717) is 35.3 Å². The largest absolute Gasteiger partial charge is 0.494 e. The first-order chi connectivity index (χ1) is 17.0. The quantitative estimate of drug-likeness (QED) is 0.357. The monoisotopic (exact) mass is 482 g/mol. The molecule has 0 aliphatic heterocycles. The Morgan fingerprint density at radius 1 is 0.771 bits per heavy atom. The van der Waals surface area contributed by atoms with Crippen LogP contribution in [0.15, 0.2) is 48.6 Å². The summed E-state index contributed by atoms with van der Waals surface area (Å²) >= 11 is 0. The number of rotatable bonds is 7. The van der Waals surface area contributed by atoms with Crippen molar-refractivity contribution in [3.8, 4) is 5.75 Å². The molecular formula is C31H37F3O. The molecule has 0 spiro atoms. The van der Waals surface area contributed by atoms with E-state index in [-0.39, 0.29) is 17.7 Å². The standard InChI is InChI=1S/C31H37F3O/c1-3-5-21-6-13-24(14-7-21)28-18-16-25(30(33)31(28)34)15-10-22-8-11-23(12-9-22)27-19-17-26(35-4-2)20-29(27)32/h3,5,10,15-24H,4,6-9,11-14H2,1-2H3. The first kappa shape index (κ1) is 25.6. The molecule has 0 amide bonds. The summed E-state index contributed by atoms with van der Waals surface area (Å²) in [6, 6.07) is 8.66. The topological polar surface area (TPSA) is 9.23 Å². The lowest BCUT2D eigenvalue weighted by Gasteiger charge is -2.28. The van der Waals surface area contributed by atoms with E-state index in [4.69, 9.17) is 4.74 Å². The molecule has 2 aromatic rings. The summed E-state index contributed by atoms with van der Waals surface area (Å²) in [6.07, 6.45) is 15.5. The van der Waals surface area contributed by atoms with Crippen molar-refractivity contribution in [2.24, 2.45) is 11.8 Å². The molecule has 0 aromatic heterocycles. The highest BCUT2D eigenvalue weighted by Crippen LogP contribution is 2.40. The highest BCUT2D eigenvalue weighted by Gasteiger charge is 2.26. The van der Waals surface area contributed by atoms with Crippen molar-refractivity contribution in [3.05, 3.63) is 82.7 Å². The Labute approximate surface area is 208 Å². The molecule has 1 nitrogen and oxygen atoms in total. The molecule has 4 heteroatoms. The molecule has 2 aliphatic carbocycles. The second-order valence-electron chi connectivity index (χ2n) is 10.1.